The fraction of sp³-hybridized carbons (Fsp3) is 0.250. The number of carbonyl (C=O) groups excluding carboxylic acids is 1. The molecular weight excluding hydrogens is 352 g/mol. The van der Waals surface area contributed by atoms with Gasteiger partial charge >= 0.3 is 0 Å². The molecule has 0 spiro atoms. The molecule has 1 aliphatic heterocycles. The maximum atomic E-state index is 12.5. The van der Waals surface area contributed by atoms with Crippen LogP contribution in [0.4, 0.5) is 0 Å². The van der Waals surface area contributed by atoms with Gasteiger partial charge in [-0.05, 0) is 29.1 Å². The first-order chi connectivity index (χ1) is 12.2. The van der Waals surface area contributed by atoms with Crippen molar-refractivity contribution in [3.05, 3.63) is 70.1 Å². The van der Waals surface area contributed by atoms with Gasteiger partial charge in [0, 0.05) is 34.2 Å². The Labute approximate surface area is 156 Å². The first-order valence-corrected chi connectivity index (χ1v) is 9.59. The summed E-state index contributed by atoms with van der Waals surface area (Å²) in [6.07, 6.45) is 0. The number of nitrogens with zero attached hydrogens (tertiary/aromatic N) is 2. The molecule has 0 radical (unpaired) electrons. The molecule has 0 aliphatic carbocycles. The van der Waals surface area contributed by atoms with E-state index < -0.39 is 0 Å². The van der Waals surface area contributed by atoms with Crippen LogP contribution in [0.3, 0.4) is 0 Å². The minimum atomic E-state index is 0.206. The molecule has 2 heterocycles. The molecule has 3 aromatic rings. The van der Waals surface area contributed by atoms with Crippen molar-refractivity contribution in [1.82, 2.24) is 9.80 Å². The summed E-state index contributed by atoms with van der Waals surface area (Å²) in [6, 6.07) is 18.4. The Balaban J connectivity index is 1.40. The molecule has 1 fully saturated rings. The molecule has 1 saturated heterocycles. The van der Waals surface area contributed by atoms with E-state index in [9.17, 15) is 4.79 Å². The number of hydrogen-bond donors (Lipinski definition) is 0. The molecule has 2 aromatic carbocycles. The molecule has 25 heavy (non-hydrogen) atoms. The van der Waals surface area contributed by atoms with Crippen molar-refractivity contribution in [3.63, 3.8) is 0 Å². The standard InChI is InChI=1S/C20H19ClN2OS/c21-17-7-6-16-10-18(25-19(16)11-17)13-23-9-8-22(14-20(23)24)12-15-4-2-1-3-5-15/h1-7,10-11H,8-9,12-14H2. The third-order valence-corrected chi connectivity index (χ3v) is 5.84. The normalized spacial score (nSPS) is 15.9. The predicted molar refractivity (Wildman–Crippen MR) is 104 cm³/mol. The van der Waals surface area contributed by atoms with Crippen molar-refractivity contribution in [2.45, 2.75) is 13.1 Å². The fourth-order valence-corrected chi connectivity index (χ4v) is 4.58. The minimum absolute atomic E-state index is 0.206. The van der Waals surface area contributed by atoms with E-state index in [4.69, 9.17) is 11.6 Å². The van der Waals surface area contributed by atoms with Crippen molar-refractivity contribution in [2.24, 2.45) is 0 Å². The van der Waals surface area contributed by atoms with Gasteiger partial charge in [-0.2, -0.15) is 0 Å². The Morgan fingerprint density at radius 2 is 1.84 bits per heavy atom. The summed E-state index contributed by atoms with van der Waals surface area (Å²) in [5, 5.41) is 1.95. The van der Waals surface area contributed by atoms with Crippen LogP contribution in [0.5, 0.6) is 0 Å². The summed E-state index contributed by atoms with van der Waals surface area (Å²) in [7, 11) is 0. The van der Waals surface area contributed by atoms with Crippen LogP contribution in [0.2, 0.25) is 5.02 Å². The lowest BCUT2D eigenvalue weighted by Gasteiger charge is -2.34. The zero-order chi connectivity index (χ0) is 17.2. The number of hydrogen-bond acceptors (Lipinski definition) is 3. The van der Waals surface area contributed by atoms with Crippen LogP contribution >= 0.6 is 22.9 Å². The Kier molecular flexibility index (Phi) is 4.75. The van der Waals surface area contributed by atoms with Gasteiger partial charge in [0.25, 0.3) is 0 Å². The molecule has 4 rings (SSSR count). The highest BCUT2D eigenvalue weighted by Crippen LogP contribution is 2.29. The van der Waals surface area contributed by atoms with Crippen molar-refractivity contribution in [3.8, 4) is 0 Å². The van der Waals surface area contributed by atoms with Crippen LogP contribution in [-0.2, 0) is 17.9 Å². The quantitative estimate of drug-likeness (QED) is 0.679. The second kappa shape index (κ2) is 7.16. The maximum absolute atomic E-state index is 12.5. The second-order valence-corrected chi connectivity index (χ2v) is 8.01. The molecule has 5 heteroatoms. The average Bonchev–Trinajstić information content (AvgIpc) is 3.00. The Hall–Kier alpha value is -1.88. The predicted octanol–water partition coefficient (Wildman–Crippen LogP) is 4.40. The van der Waals surface area contributed by atoms with Crippen LogP contribution < -0.4 is 0 Å². The number of fused-ring (bicyclic) bond motifs is 1. The van der Waals surface area contributed by atoms with Crippen LogP contribution in [0.25, 0.3) is 10.1 Å². The summed E-state index contributed by atoms with van der Waals surface area (Å²) in [6.45, 7) is 3.71. The van der Waals surface area contributed by atoms with Crippen molar-refractivity contribution < 1.29 is 4.79 Å². The molecule has 3 nitrogen and oxygen atoms in total. The van der Waals surface area contributed by atoms with Crippen molar-refractivity contribution >= 4 is 38.9 Å². The number of amides is 1. The van der Waals surface area contributed by atoms with E-state index in [1.165, 1.54) is 20.5 Å². The number of piperazine rings is 1. The lowest BCUT2D eigenvalue weighted by molar-refractivity contribution is -0.136. The van der Waals surface area contributed by atoms with Crippen molar-refractivity contribution in [2.75, 3.05) is 19.6 Å². The van der Waals surface area contributed by atoms with Gasteiger partial charge in [-0.25, -0.2) is 0 Å². The smallest absolute Gasteiger partial charge is 0.237 e. The van der Waals surface area contributed by atoms with Crippen LogP contribution in [0.1, 0.15) is 10.4 Å². The maximum Gasteiger partial charge on any atom is 0.237 e. The third-order valence-electron chi connectivity index (χ3n) is 4.53. The first kappa shape index (κ1) is 16.6. The molecule has 1 aromatic heterocycles. The molecule has 1 aliphatic rings. The first-order valence-electron chi connectivity index (χ1n) is 8.39. The summed E-state index contributed by atoms with van der Waals surface area (Å²) >= 11 is 7.78. The highest BCUT2D eigenvalue weighted by molar-refractivity contribution is 7.19. The van der Waals surface area contributed by atoms with E-state index >= 15 is 0 Å². The number of rotatable bonds is 4. The Morgan fingerprint density at radius 3 is 2.64 bits per heavy atom. The monoisotopic (exact) mass is 370 g/mol. The highest BCUT2D eigenvalue weighted by atomic mass is 35.5. The molecule has 0 unspecified atom stereocenters. The average molecular weight is 371 g/mol. The highest BCUT2D eigenvalue weighted by Gasteiger charge is 2.24. The Morgan fingerprint density at radius 1 is 1.00 bits per heavy atom. The van der Waals surface area contributed by atoms with E-state index in [1.807, 2.05) is 41.3 Å². The van der Waals surface area contributed by atoms with E-state index in [0.717, 1.165) is 24.7 Å². The lowest BCUT2D eigenvalue weighted by Crippen LogP contribution is -2.49. The van der Waals surface area contributed by atoms with Gasteiger partial charge in [0.2, 0.25) is 5.91 Å². The van der Waals surface area contributed by atoms with Gasteiger partial charge in [0.15, 0.2) is 0 Å². The fourth-order valence-electron chi connectivity index (χ4n) is 3.23. The number of halogens is 1. The summed E-state index contributed by atoms with van der Waals surface area (Å²) in [5.41, 5.74) is 1.25. The summed E-state index contributed by atoms with van der Waals surface area (Å²) in [4.78, 5) is 17.9. The van der Waals surface area contributed by atoms with Gasteiger partial charge in [0.1, 0.15) is 0 Å². The Bertz CT molecular complexity index is 893. The van der Waals surface area contributed by atoms with Crippen LogP contribution in [-0.4, -0.2) is 35.3 Å². The topological polar surface area (TPSA) is 23.6 Å². The SMILES string of the molecule is O=C1CN(Cc2ccccc2)CCN1Cc1cc2ccc(Cl)cc2s1. The third kappa shape index (κ3) is 3.87. The minimum Gasteiger partial charge on any atom is -0.335 e. The lowest BCUT2D eigenvalue weighted by atomic mass is 10.2. The molecule has 0 bridgehead atoms. The molecule has 0 atom stereocenters. The molecule has 1 amide bonds. The van der Waals surface area contributed by atoms with Crippen LogP contribution in [0.15, 0.2) is 54.6 Å². The van der Waals surface area contributed by atoms with Gasteiger partial charge in [-0.15, -0.1) is 11.3 Å². The second-order valence-electron chi connectivity index (χ2n) is 6.41. The van der Waals surface area contributed by atoms with Crippen molar-refractivity contribution in [1.29, 1.82) is 0 Å². The van der Waals surface area contributed by atoms with Gasteiger partial charge in [0.05, 0.1) is 13.1 Å². The van der Waals surface area contributed by atoms with E-state index in [1.54, 1.807) is 11.3 Å². The number of benzene rings is 2. The molecule has 128 valence electrons. The van der Waals surface area contributed by atoms with Gasteiger partial charge in [-0.1, -0.05) is 48.0 Å². The van der Waals surface area contributed by atoms with Gasteiger partial charge < -0.3 is 4.90 Å². The van der Waals surface area contributed by atoms with E-state index in [0.29, 0.717) is 13.1 Å². The van der Waals surface area contributed by atoms with Gasteiger partial charge in [-0.3, -0.25) is 9.69 Å². The number of carbonyl (C=O) groups is 1. The van der Waals surface area contributed by atoms with Crippen LogP contribution in [0, 0.1) is 0 Å². The zero-order valence-electron chi connectivity index (χ0n) is 13.8. The number of thiophene rings is 1. The summed E-state index contributed by atoms with van der Waals surface area (Å²) < 4.78 is 1.18. The summed E-state index contributed by atoms with van der Waals surface area (Å²) in [5.74, 6) is 0.206. The van der Waals surface area contributed by atoms with E-state index in [-0.39, 0.29) is 5.91 Å². The molecule has 0 N–H and O–H groups in total. The molecular formula is C20H19ClN2OS. The van der Waals surface area contributed by atoms with E-state index in [2.05, 4.69) is 23.1 Å². The zero-order valence-corrected chi connectivity index (χ0v) is 15.4. The largest absolute Gasteiger partial charge is 0.335 e. The molecule has 0 saturated carbocycles.